The molecule has 1 N–H and O–H groups in total. The maximum Gasteiger partial charge on any atom is 0.261 e. The number of nitrogens with one attached hydrogen (secondary N) is 1. The van der Waals surface area contributed by atoms with Crippen molar-refractivity contribution in [3.63, 3.8) is 0 Å². The smallest absolute Gasteiger partial charge is 0.261 e. The molecular weight excluding hydrogens is 308 g/mol. The number of aromatic nitrogens is 1. The van der Waals surface area contributed by atoms with Crippen molar-refractivity contribution < 1.29 is 8.42 Å². The van der Waals surface area contributed by atoms with Gasteiger partial charge in [0.1, 0.15) is 0 Å². The van der Waals surface area contributed by atoms with E-state index in [1.54, 1.807) is 42.6 Å². The molecule has 106 valence electrons. The fourth-order valence-electron chi connectivity index (χ4n) is 2.04. The van der Waals surface area contributed by atoms with Crippen LogP contribution in [0.1, 0.15) is 0 Å². The highest BCUT2D eigenvalue weighted by molar-refractivity contribution is 7.92. The zero-order valence-electron chi connectivity index (χ0n) is 10.8. The van der Waals surface area contributed by atoms with E-state index < -0.39 is 10.0 Å². The highest BCUT2D eigenvalue weighted by Crippen LogP contribution is 2.28. The molecule has 0 spiro atoms. The Labute approximate surface area is 127 Å². The maximum atomic E-state index is 12.4. The maximum absolute atomic E-state index is 12.4. The first-order chi connectivity index (χ1) is 10.1. The first kappa shape index (κ1) is 13.9. The fourth-order valence-corrected chi connectivity index (χ4v) is 3.34. The first-order valence-corrected chi connectivity index (χ1v) is 8.04. The van der Waals surface area contributed by atoms with E-state index in [0.29, 0.717) is 16.2 Å². The summed E-state index contributed by atoms with van der Waals surface area (Å²) in [4.78, 5) is 4.40. The number of hydrogen-bond acceptors (Lipinski definition) is 3. The predicted molar refractivity (Wildman–Crippen MR) is 84.0 cm³/mol. The molecule has 6 heteroatoms. The van der Waals surface area contributed by atoms with Crippen LogP contribution in [-0.4, -0.2) is 13.4 Å². The Kier molecular flexibility index (Phi) is 3.53. The standard InChI is InChI=1S/C15H11ClN2O2S/c16-12-9-11-5-4-8-17-15(11)14(10-12)18-21(19,20)13-6-2-1-3-7-13/h1-10,18H. The van der Waals surface area contributed by atoms with Gasteiger partial charge < -0.3 is 0 Å². The van der Waals surface area contributed by atoms with Crippen molar-refractivity contribution >= 4 is 38.2 Å². The van der Waals surface area contributed by atoms with Crippen LogP contribution < -0.4 is 4.72 Å². The number of hydrogen-bond donors (Lipinski definition) is 1. The summed E-state index contributed by atoms with van der Waals surface area (Å²) in [5, 5.41) is 1.22. The third-order valence-corrected chi connectivity index (χ3v) is 4.57. The molecular formula is C15H11ClN2O2S. The van der Waals surface area contributed by atoms with E-state index in [2.05, 4.69) is 9.71 Å². The summed E-state index contributed by atoms with van der Waals surface area (Å²) < 4.78 is 27.3. The molecule has 0 saturated carbocycles. The zero-order valence-corrected chi connectivity index (χ0v) is 12.4. The Morgan fingerprint density at radius 2 is 1.76 bits per heavy atom. The molecule has 21 heavy (non-hydrogen) atoms. The molecule has 0 bridgehead atoms. The molecule has 0 atom stereocenters. The second-order valence-electron chi connectivity index (χ2n) is 4.45. The van der Waals surface area contributed by atoms with Crippen LogP contribution in [0.5, 0.6) is 0 Å². The van der Waals surface area contributed by atoms with Gasteiger partial charge in [-0.2, -0.15) is 0 Å². The van der Waals surface area contributed by atoms with Crippen molar-refractivity contribution in [2.24, 2.45) is 0 Å². The van der Waals surface area contributed by atoms with Crippen LogP contribution in [0, 0.1) is 0 Å². The van der Waals surface area contributed by atoms with Crippen LogP contribution in [0.3, 0.4) is 0 Å². The Morgan fingerprint density at radius 1 is 1.00 bits per heavy atom. The van der Waals surface area contributed by atoms with E-state index in [-0.39, 0.29) is 4.90 Å². The molecule has 2 aromatic carbocycles. The molecule has 0 aliphatic rings. The number of nitrogens with zero attached hydrogens (tertiary/aromatic N) is 1. The number of anilines is 1. The first-order valence-electron chi connectivity index (χ1n) is 6.18. The molecule has 0 amide bonds. The Hall–Kier alpha value is -2.11. The van der Waals surface area contributed by atoms with Gasteiger partial charge in [-0.3, -0.25) is 9.71 Å². The molecule has 3 rings (SSSR count). The minimum absolute atomic E-state index is 0.189. The normalized spacial score (nSPS) is 11.5. The van der Waals surface area contributed by atoms with Crippen molar-refractivity contribution in [1.82, 2.24) is 4.98 Å². The van der Waals surface area contributed by atoms with Crippen LogP contribution in [0.25, 0.3) is 10.9 Å². The summed E-state index contributed by atoms with van der Waals surface area (Å²) >= 11 is 6.04. The molecule has 3 aromatic rings. The summed E-state index contributed by atoms with van der Waals surface area (Å²) in [5.74, 6) is 0. The lowest BCUT2D eigenvalue weighted by molar-refractivity contribution is 0.601. The number of fused-ring (bicyclic) bond motifs is 1. The molecule has 0 fully saturated rings. The average molecular weight is 319 g/mol. The van der Waals surface area contributed by atoms with E-state index in [1.807, 2.05) is 6.07 Å². The summed E-state index contributed by atoms with van der Waals surface area (Å²) in [6.45, 7) is 0. The molecule has 1 heterocycles. The van der Waals surface area contributed by atoms with Crippen LogP contribution in [0.2, 0.25) is 5.02 Å². The molecule has 0 unspecified atom stereocenters. The lowest BCUT2D eigenvalue weighted by Gasteiger charge is -2.10. The molecule has 4 nitrogen and oxygen atoms in total. The minimum Gasteiger partial charge on any atom is -0.277 e. The van der Waals surface area contributed by atoms with E-state index >= 15 is 0 Å². The van der Waals surface area contributed by atoms with Gasteiger partial charge in [-0.25, -0.2) is 8.42 Å². The van der Waals surface area contributed by atoms with E-state index in [0.717, 1.165) is 5.39 Å². The number of pyridine rings is 1. The molecule has 0 saturated heterocycles. The third-order valence-electron chi connectivity index (χ3n) is 2.97. The Morgan fingerprint density at radius 3 is 2.52 bits per heavy atom. The van der Waals surface area contributed by atoms with Gasteiger partial charge in [-0.05, 0) is 30.3 Å². The summed E-state index contributed by atoms with van der Waals surface area (Å²) in [5.41, 5.74) is 0.920. The summed E-state index contributed by atoms with van der Waals surface area (Å²) in [6, 6.07) is 15.1. The summed E-state index contributed by atoms with van der Waals surface area (Å²) in [6.07, 6.45) is 1.61. The van der Waals surface area contributed by atoms with Crippen molar-refractivity contribution in [2.45, 2.75) is 4.90 Å². The fraction of sp³-hybridized carbons (Fsp3) is 0. The Bertz CT molecular complexity index is 896. The molecule has 1 aromatic heterocycles. The lowest BCUT2D eigenvalue weighted by atomic mass is 10.2. The third kappa shape index (κ3) is 2.84. The average Bonchev–Trinajstić information content (AvgIpc) is 2.47. The number of sulfonamides is 1. The van der Waals surface area contributed by atoms with E-state index in [4.69, 9.17) is 11.6 Å². The van der Waals surface area contributed by atoms with Crippen molar-refractivity contribution in [3.05, 3.63) is 65.8 Å². The quantitative estimate of drug-likeness (QED) is 0.801. The molecule has 0 aliphatic heterocycles. The predicted octanol–water partition coefficient (Wildman–Crippen LogP) is 3.69. The zero-order chi connectivity index (χ0) is 14.9. The van der Waals surface area contributed by atoms with Gasteiger partial charge >= 0.3 is 0 Å². The van der Waals surface area contributed by atoms with Gasteiger partial charge in [0, 0.05) is 16.6 Å². The highest BCUT2D eigenvalue weighted by atomic mass is 35.5. The number of benzene rings is 2. The number of rotatable bonds is 3. The van der Waals surface area contributed by atoms with Crippen molar-refractivity contribution in [1.29, 1.82) is 0 Å². The van der Waals surface area contributed by atoms with Crippen LogP contribution >= 0.6 is 11.6 Å². The van der Waals surface area contributed by atoms with Gasteiger partial charge in [0.25, 0.3) is 10.0 Å². The largest absolute Gasteiger partial charge is 0.277 e. The minimum atomic E-state index is -3.67. The van der Waals surface area contributed by atoms with Crippen LogP contribution in [0.4, 0.5) is 5.69 Å². The van der Waals surface area contributed by atoms with Crippen molar-refractivity contribution in [3.8, 4) is 0 Å². The lowest BCUT2D eigenvalue weighted by Crippen LogP contribution is -2.13. The monoisotopic (exact) mass is 318 g/mol. The molecule has 0 radical (unpaired) electrons. The van der Waals surface area contributed by atoms with E-state index in [9.17, 15) is 8.42 Å². The van der Waals surface area contributed by atoms with Crippen LogP contribution in [0.15, 0.2) is 65.7 Å². The van der Waals surface area contributed by atoms with E-state index in [1.165, 1.54) is 12.1 Å². The number of halogens is 1. The van der Waals surface area contributed by atoms with Crippen molar-refractivity contribution in [2.75, 3.05) is 4.72 Å². The van der Waals surface area contributed by atoms with Crippen LogP contribution in [-0.2, 0) is 10.0 Å². The van der Waals surface area contributed by atoms with Gasteiger partial charge in [0.2, 0.25) is 0 Å². The van der Waals surface area contributed by atoms with Gasteiger partial charge in [-0.1, -0.05) is 35.9 Å². The Balaban J connectivity index is 2.10. The highest BCUT2D eigenvalue weighted by Gasteiger charge is 2.16. The topological polar surface area (TPSA) is 59.1 Å². The molecule has 0 aliphatic carbocycles. The SMILES string of the molecule is O=S(=O)(Nc1cc(Cl)cc2cccnc12)c1ccccc1. The second kappa shape index (κ2) is 5.35. The second-order valence-corrected chi connectivity index (χ2v) is 6.57. The van der Waals surface area contributed by atoms with Gasteiger partial charge in [0.05, 0.1) is 16.1 Å². The van der Waals surface area contributed by atoms with Gasteiger partial charge in [-0.15, -0.1) is 0 Å². The summed E-state index contributed by atoms with van der Waals surface area (Å²) in [7, 11) is -3.67. The van der Waals surface area contributed by atoms with Gasteiger partial charge in [0.15, 0.2) is 0 Å².